The average molecular weight is 622 g/mol. The molecule has 2 amide bonds. The van der Waals surface area contributed by atoms with Crippen LogP contribution in [0.25, 0.3) is 6.08 Å². The van der Waals surface area contributed by atoms with E-state index < -0.39 is 11.8 Å². The highest BCUT2D eigenvalue weighted by Gasteiger charge is 2.18. The largest absolute Gasteiger partial charge is 0.493 e. The third-order valence-corrected chi connectivity index (χ3v) is 7.70. The fraction of sp³-hybridized carbons (Fsp3) is 0.0938. The number of hydrogen-bond donors (Lipinski definition) is 2. The van der Waals surface area contributed by atoms with Gasteiger partial charge in [-0.05, 0) is 60.7 Å². The van der Waals surface area contributed by atoms with Gasteiger partial charge in [-0.3, -0.25) is 14.4 Å². The van der Waals surface area contributed by atoms with Crippen molar-refractivity contribution in [3.8, 4) is 11.5 Å². The summed E-state index contributed by atoms with van der Waals surface area (Å²) in [7, 11) is 3.01. The lowest BCUT2D eigenvalue weighted by atomic mass is 10.1. The van der Waals surface area contributed by atoms with Crippen molar-refractivity contribution >= 4 is 64.3 Å². The number of carbonyl (C=O) groups excluding carboxylic acids is 3. The summed E-state index contributed by atoms with van der Waals surface area (Å²) in [4.78, 5) is 39.9. The van der Waals surface area contributed by atoms with E-state index in [9.17, 15) is 14.4 Å². The van der Waals surface area contributed by atoms with Gasteiger partial charge >= 0.3 is 0 Å². The van der Waals surface area contributed by atoms with Gasteiger partial charge in [0.15, 0.2) is 17.3 Å². The zero-order valence-corrected chi connectivity index (χ0v) is 25.0. The third kappa shape index (κ3) is 7.94. The van der Waals surface area contributed by atoms with Gasteiger partial charge in [0.25, 0.3) is 11.8 Å². The number of Topliss-reactive ketones (excluding diaryl/α,β-unsaturated/α-hetero) is 1. The number of rotatable bonds is 11. The Morgan fingerprint density at radius 1 is 0.810 bits per heavy atom. The second-order valence-corrected chi connectivity index (χ2v) is 10.6. The van der Waals surface area contributed by atoms with Crippen LogP contribution in [0.5, 0.6) is 11.5 Å². The Morgan fingerprint density at radius 3 is 2.29 bits per heavy atom. The van der Waals surface area contributed by atoms with E-state index in [-0.39, 0.29) is 17.2 Å². The van der Waals surface area contributed by atoms with Crippen LogP contribution in [-0.2, 0) is 4.79 Å². The summed E-state index contributed by atoms with van der Waals surface area (Å²) in [5.41, 5.74) is 1.84. The van der Waals surface area contributed by atoms with Gasteiger partial charge in [-0.1, -0.05) is 59.6 Å². The molecular formula is C32H26Cl2N2O5S. The SMILES string of the molecule is COc1cccc(/C=C(\NC(=O)c2ccccc2)C(=O)Nc2cccc(SCC(=O)c3ccc(Cl)c(Cl)c3)c2)c1OC. The minimum atomic E-state index is -0.557. The second-order valence-electron chi connectivity index (χ2n) is 8.78. The molecule has 4 aromatic rings. The fourth-order valence-electron chi connectivity index (χ4n) is 3.89. The Bertz CT molecular complexity index is 1640. The van der Waals surface area contributed by atoms with E-state index in [0.29, 0.717) is 43.9 Å². The molecule has 214 valence electrons. The van der Waals surface area contributed by atoms with Crippen molar-refractivity contribution in [2.24, 2.45) is 0 Å². The summed E-state index contributed by atoms with van der Waals surface area (Å²) in [6.07, 6.45) is 1.52. The number of methoxy groups -OCH3 is 2. The Labute approximate surface area is 257 Å². The highest BCUT2D eigenvalue weighted by molar-refractivity contribution is 8.00. The first kappa shape index (κ1) is 30.7. The van der Waals surface area contributed by atoms with Crippen molar-refractivity contribution < 1.29 is 23.9 Å². The maximum absolute atomic E-state index is 13.5. The number of benzene rings is 4. The van der Waals surface area contributed by atoms with Crippen LogP contribution >= 0.6 is 35.0 Å². The van der Waals surface area contributed by atoms with E-state index in [2.05, 4.69) is 10.6 Å². The molecule has 0 aliphatic carbocycles. The van der Waals surface area contributed by atoms with Crippen LogP contribution in [0.4, 0.5) is 5.69 Å². The first-order valence-electron chi connectivity index (χ1n) is 12.6. The van der Waals surface area contributed by atoms with Gasteiger partial charge in [0.05, 0.1) is 30.0 Å². The standard InChI is InChI=1S/C32H26Cl2N2O5S/c1-40-29-13-6-10-22(30(29)41-2)17-27(36-31(38)20-8-4-3-5-9-20)32(39)35-23-11-7-12-24(18-23)42-19-28(37)21-14-15-25(33)26(34)16-21/h3-18H,19H2,1-2H3,(H,35,39)(H,36,38)/b27-17-. The van der Waals surface area contributed by atoms with Gasteiger partial charge in [-0.15, -0.1) is 11.8 Å². The first-order valence-corrected chi connectivity index (χ1v) is 14.3. The number of carbonyl (C=O) groups is 3. The molecule has 0 saturated carbocycles. The number of thioether (sulfide) groups is 1. The molecule has 0 aliphatic rings. The quantitative estimate of drug-likeness (QED) is 0.103. The molecule has 4 rings (SSSR count). The van der Waals surface area contributed by atoms with Gasteiger partial charge in [-0.25, -0.2) is 0 Å². The molecule has 0 saturated heterocycles. The molecule has 0 atom stereocenters. The lowest BCUT2D eigenvalue weighted by Gasteiger charge is -2.14. The maximum atomic E-state index is 13.5. The summed E-state index contributed by atoms with van der Waals surface area (Å²) in [6, 6.07) is 25.6. The molecule has 0 unspecified atom stereocenters. The van der Waals surface area contributed by atoms with Gasteiger partial charge < -0.3 is 20.1 Å². The molecule has 0 spiro atoms. The Kier molecular flexibility index (Phi) is 10.7. The van der Waals surface area contributed by atoms with Crippen molar-refractivity contribution in [3.63, 3.8) is 0 Å². The van der Waals surface area contributed by atoms with E-state index in [1.54, 1.807) is 84.9 Å². The van der Waals surface area contributed by atoms with Crippen molar-refractivity contribution in [3.05, 3.63) is 123 Å². The van der Waals surface area contributed by atoms with E-state index in [1.807, 2.05) is 6.07 Å². The van der Waals surface area contributed by atoms with Gasteiger partial charge in [0.2, 0.25) is 0 Å². The molecule has 7 nitrogen and oxygen atoms in total. The van der Waals surface area contributed by atoms with E-state index >= 15 is 0 Å². The molecule has 0 bridgehead atoms. The summed E-state index contributed by atoms with van der Waals surface area (Å²) in [6.45, 7) is 0. The predicted octanol–water partition coefficient (Wildman–Crippen LogP) is 7.40. The molecule has 0 radical (unpaired) electrons. The molecule has 4 aromatic carbocycles. The number of amides is 2. The molecule has 42 heavy (non-hydrogen) atoms. The van der Waals surface area contributed by atoms with E-state index in [4.69, 9.17) is 32.7 Å². The number of nitrogens with one attached hydrogen (secondary N) is 2. The van der Waals surface area contributed by atoms with E-state index in [0.717, 1.165) is 4.90 Å². The van der Waals surface area contributed by atoms with Gasteiger partial charge in [-0.2, -0.15) is 0 Å². The number of anilines is 1. The van der Waals surface area contributed by atoms with Crippen LogP contribution < -0.4 is 20.1 Å². The summed E-state index contributed by atoms with van der Waals surface area (Å²) in [5, 5.41) is 6.24. The van der Waals surface area contributed by atoms with Crippen LogP contribution in [-0.4, -0.2) is 37.6 Å². The molecule has 0 aromatic heterocycles. The van der Waals surface area contributed by atoms with Crippen LogP contribution in [0, 0.1) is 0 Å². The summed E-state index contributed by atoms with van der Waals surface area (Å²) in [5.74, 6) is -0.0930. The number of para-hydroxylation sites is 1. The molecule has 10 heteroatoms. The lowest BCUT2D eigenvalue weighted by molar-refractivity contribution is -0.113. The normalized spacial score (nSPS) is 11.0. The second kappa shape index (κ2) is 14.6. The van der Waals surface area contributed by atoms with Crippen molar-refractivity contribution in [2.45, 2.75) is 4.90 Å². The average Bonchev–Trinajstić information content (AvgIpc) is 3.01. The maximum Gasteiger partial charge on any atom is 0.272 e. The highest BCUT2D eigenvalue weighted by Crippen LogP contribution is 2.32. The molecular weight excluding hydrogens is 595 g/mol. The minimum absolute atomic E-state index is 0.0109. The Balaban J connectivity index is 1.55. The topological polar surface area (TPSA) is 93.7 Å². The Hall–Kier alpha value is -4.24. The lowest BCUT2D eigenvalue weighted by Crippen LogP contribution is -2.30. The van der Waals surface area contributed by atoms with E-state index in [1.165, 1.54) is 32.1 Å². The predicted molar refractivity (Wildman–Crippen MR) is 168 cm³/mol. The van der Waals surface area contributed by atoms with Gasteiger partial charge in [0, 0.05) is 27.3 Å². The van der Waals surface area contributed by atoms with Crippen molar-refractivity contribution in [1.82, 2.24) is 5.32 Å². The number of hydrogen-bond acceptors (Lipinski definition) is 6. The van der Waals surface area contributed by atoms with Crippen LogP contribution in [0.15, 0.2) is 102 Å². The highest BCUT2D eigenvalue weighted by atomic mass is 35.5. The number of ketones is 1. The number of ether oxygens (including phenoxy) is 2. The third-order valence-electron chi connectivity index (χ3n) is 5.97. The van der Waals surface area contributed by atoms with Crippen LogP contribution in [0.1, 0.15) is 26.3 Å². The molecule has 0 heterocycles. The van der Waals surface area contributed by atoms with Crippen molar-refractivity contribution in [2.75, 3.05) is 25.3 Å². The first-order chi connectivity index (χ1) is 20.3. The minimum Gasteiger partial charge on any atom is -0.493 e. The zero-order valence-electron chi connectivity index (χ0n) is 22.7. The molecule has 2 N–H and O–H groups in total. The van der Waals surface area contributed by atoms with Gasteiger partial charge in [0.1, 0.15) is 5.70 Å². The monoisotopic (exact) mass is 620 g/mol. The smallest absolute Gasteiger partial charge is 0.272 e. The fourth-order valence-corrected chi connectivity index (χ4v) is 5.04. The molecule has 0 aliphatic heterocycles. The number of halogens is 2. The molecule has 0 fully saturated rings. The summed E-state index contributed by atoms with van der Waals surface area (Å²) < 4.78 is 10.9. The Morgan fingerprint density at radius 2 is 1.57 bits per heavy atom. The zero-order chi connectivity index (χ0) is 30.1. The summed E-state index contributed by atoms with van der Waals surface area (Å²) >= 11 is 13.3. The van der Waals surface area contributed by atoms with Crippen LogP contribution in [0.3, 0.4) is 0 Å². The van der Waals surface area contributed by atoms with Crippen molar-refractivity contribution in [1.29, 1.82) is 0 Å². The van der Waals surface area contributed by atoms with Crippen LogP contribution in [0.2, 0.25) is 10.0 Å².